The molecule has 2 N–H and O–H groups in total. The molecule has 0 aliphatic carbocycles. The third-order valence-electron chi connectivity index (χ3n) is 5.51. The summed E-state index contributed by atoms with van der Waals surface area (Å²) in [5.74, 6) is 2.83. The molecule has 7 heteroatoms. The van der Waals surface area contributed by atoms with Gasteiger partial charge in [-0.2, -0.15) is 0 Å². The number of ether oxygens (including phenoxy) is 1. The number of likely N-dealkylation sites (tertiary alicyclic amines) is 1. The number of guanidine groups is 1. The quantitative estimate of drug-likeness (QED) is 0.522. The van der Waals surface area contributed by atoms with Gasteiger partial charge in [0, 0.05) is 32.7 Å². The lowest BCUT2D eigenvalue weighted by Gasteiger charge is -2.32. The van der Waals surface area contributed by atoms with Crippen LogP contribution in [0.1, 0.15) is 43.7 Å². The summed E-state index contributed by atoms with van der Waals surface area (Å²) in [6.07, 6.45) is 4.04. The van der Waals surface area contributed by atoms with Crippen molar-refractivity contribution in [1.82, 2.24) is 20.4 Å². The molecule has 0 radical (unpaired) electrons. The van der Waals surface area contributed by atoms with Crippen molar-refractivity contribution in [2.45, 2.75) is 39.2 Å². The lowest BCUT2D eigenvalue weighted by molar-refractivity contribution is 0.0135. The molecule has 2 aliphatic rings. The predicted molar refractivity (Wildman–Crippen MR) is 113 cm³/mol. The molecule has 3 heterocycles. The van der Waals surface area contributed by atoms with Crippen molar-refractivity contribution in [1.29, 1.82) is 0 Å². The van der Waals surface area contributed by atoms with Gasteiger partial charge in [0.1, 0.15) is 11.5 Å². The van der Waals surface area contributed by atoms with Gasteiger partial charge in [-0.3, -0.25) is 9.89 Å². The van der Waals surface area contributed by atoms with Gasteiger partial charge in [-0.1, -0.05) is 6.42 Å². The number of piperidine rings is 1. The van der Waals surface area contributed by atoms with Gasteiger partial charge in [-0.25, -0.2) is 0 Å². The van der Waals surface area contributed by atoms with E-state index >= 15 is 0 Å². The molecule has 2 saturated heterocycles. The highest BCUT2D eigenvalue weighted by molar-refractivity contribution is 5.79. The molecule has 0 aromatic carbocycles. The summed E-state index contributed by atoms with van der Waals surface area (Å²) in [5.41, 5.74) is 0. The number of nitrogens with zero attached hydrogens (tertiary/aromatic N) is 3. The normalized spacial score (nSPS) is 20.9. The van der Waals surface area contributed by atoms with Crippen molar-refractivity contribution < 1.29 is 9.15 Å². The molecule has 3 rings (SSSR count). The van der Waals surface area contributed by atoms with E-state index in [0.717, 1.165) is 63.4 Å². The van der Waals surface area contributed by atoms with E-state index < -0.39 is 0 Å². The Labute approximate surface area is 169 Å². The number of hydrogen-bond donors (Lipinski definition) is 2. The Kier molecular flexibility index (Phi) is 8.64. The van der Waals surface area contributed by atoms with Crippen LogP contribution >= 0.6 is 0 Å². The molecule has 2 fully saturated rings. The van der Waals surface area contributed by atoms with Crippen molar-refractivity contribution in [3.05, 3.63) is 23.7 Å². The number of furan rings is 1. The first-order chi connectivity index (χ1) is 13.8. The van der Waals surface area contributed by atoms with Crippen molar-refractivity contribution >= 4 is 5.96 Å². The molecule has 1 aromatic heterocycles. The number of rotatable bonds is 8. The van der Waals surface area contributed by atoms with Gasteiger partial charge in [0.25, 0.3) is 0 Å². The molecule has 1 atom stereocenters. The molecule has 0 amide bonds. The Balaban J connectivity index is 1.58. The first-order valence-electron chi connectivity index (χ1n) is 10.9. The van der Waals surface area contributed by atoms with Crippen LogP contribution in [0.2, 0.25) is 0 Å². The van der Waals surface area contributed by atoms with E-state index in [2.05, 4.69) is 33.4 Å². The van der Waals surface area contributed by atoms with E-state index in [9.17, 15) is 0 Å². The van der Waals surface area contributed by atoms with E-state index in [1.165, 1.54) is 32.4 Å². The van der Waals surface area contributed by atoms with Crippen molar-refractivity contribution in [2.75, 3.05) is 65.6 Å². The average molecular weight is 392 g/mol. The van der Waals surface area contributed by atoms with E-state index in [-0.39, 0.29) is 6.04 Å². The summed E-state index contributed by atoms with van der Waals surface area (Å²) >= 11 is 0. The maximum Gasteiger partial charge on any atom is 0.191 e. The molecule has 1 aromatic rings. The highest BCUT2D eigenvalue weighted by Gasteiger charge is 2.25. The second kappa shape index (κ2) is 11.4. The van der Waals surface area contributed by atoms with Gasteiger partial charge in [-0.15, -0.1) is 0 Å². The minimum absolute atomic E-state index is 0.148. The van der Waals surface area contributed by atoms with Crippen LogP contribution in [0.15, 0.2) is 21.5 Å². The van der Waals surface area contributed by atoms with Crippen LogP contribution in [0.4, 0.5) is 0 Å². The maximum atomic E-state index is 5.95. The Hall–Kier alpha value is -1.57. The zero-order chi connectivity index (χ0) is 19.6. The summed E-state index contributed by atoms with van der Waals surface area (Å²) in [6, 6.07) is 4.27. The Bertz CT molecular complexity index is 591. The topological polar surface area (TPSA) is 65.3 Å². The molecule has 0 saturated carbocycles. The highest BCUT2D eigenvalue weighted by Crippen LogP contribution is 2.24. The summed E-state index contributed by atoms with van der Waals surface area (Å²) in [4.78, 5) is 9.85. The number of morpholine rings is 1. The third-order valence-corrected chi connectivity index (χ3v) is 5.51. The molecule has 0 spiro atoms. The fourth-order valence-electron chi connectivity index (χ4n) is 3.94. The second-order valence-corrected chi connectivity index (χ2v) is 7.66. The smallest absolute Gasteiger partial charge is 0.191 e. The Morgan fingerprint density at radius 2 is 1.89 bits per heavy atom. The van der Waals surface area contributed by atoms with E-state index in [4.69, 9.17) is 14.1 Å². The van der Waals surface area contributed by atoms with E-state index in [0.29, 0.717) is 6.54 Å². The second-order valence-electron chi connectivity index (χ2n) is 7.66. The van der Waals surface area contributed by atoms with Gasteiger partial charge in [-0.05, 0) is 51.9 Å². The van der Waals surface area contributed by atoms with Crippen molar-refractivity contribution in [2.24, 2.45) is 4.99 Å². The largest absolute Gasteiger partial charge is 0.465 e. The molecular weight excluding hydrogens is 354 g/mol. The number of aliphatic imine (C=N–C) groups is 1. The van der Waals surface area contributed by atoms with Gasteiger partial charge < -0.3 is 24.7 Å². The molecule has 0 bridgehead atoms. The summed E-state index contributed by atoms with van der Waals surface area (Å²) < 4.78 is 11.5. The van der Waals surface area contributed by atoms with Crippen LogP contribution in [0.3, 0.4) is 0 Å². The van der Waals surface area contributed by atoms with Crippen LogP contribution in [0.25, 0.3) is 0 Å². The zero-order valence-corrected chi connectivity index (χ0v) is 17.6. The molecule has 158 valence electrons. The van der Waals surface area contributed by atoms with Crippen LogP contribution < -0.4 is 10.6 Å². The minimum Gasteiger partial charge on any atom is -0.465 e. The number of nitrogens with one attached hydrogen (secondary N) is 2. The van der Waals surface area contributed by atoms with Crippen molar-refractivity contribution in [3.8, 4) is 0 Å². The van der Waals surface area contributed by atoms with Crippen LogP contribution in [-0.2, 0) is 4.74 Å². The van der Waals surface area contributed by atoms with Crippen LogP contribution in [0.5, 0.6) is 0 Å². The minimum atomic E-state index is 0.148. The number of hydrogen-bond acceptors (Lipinski definition) is 5. The van der Waals surface area contributed by atoms with Gasteiger partial charge in [0.2, 0.25) is 0 Å². The van der Waals surface area contributed by atoms with E-state index in [1.807, 2.05) is 13.0 Å². The predicted octanol–water partition coefficient (Wildman–Crippen LogP) is 2.00. The van der Waals surface area contributed by atoms with Gasteiger partial charge >= 0.3 is 0 Å². The Morgan fingerprint density at radius 1 is 1.11 bits per heavy atom. The van der Waals surface area contributed by atoms with Crippen LogP contribution in [0, 0.1) is 6.92 Å². The molecule has 28 heavy (non-hydrogen) atoms. The Morgan fingerprint density at radius 3 is 2.57 bits per heavy atom. The fourth-order valence-corrected chi connectivity index (χ4v) is 3.94. The standard InChI is InChI=1S/C21H37N5O2/c1-3-22-21(23-9-12-25-10-5-4-6-11-25)24-17-19(20-8-7-18(2)28-20)26-13-15-27-16-14-26/h7-8,19H,3-6,9-17H2,1-2H3,(H2,22,23,24). The summed E-state index contributed by atoms with van der Waals surface area (Å²) in [5, 5.41) is 6.89. The maximum absolute atomic E-state index is 5.95. The SMILES string of the molecule is CCNC(=NCC(c1ccc(C)o1)N1CCOCC1)NCCN1CCCCC1. The average Bonchev–Trinajstić information content (AvgIpc) is 3.16. The van der Waals surface area contributed by atoms with E-state index in [1.54, 1.807) is 0 Å². The first-order valence-corrected chi connectivity index (χ1v) is 10.9. The summed E-state index contributed by atoms with van der Waals surface area (Å²) in [7, 11) is 0. The van der Waals surface area contributed by atoms with Gasteiger partial charge in [0.15, 0.2) is 5.96 Å². The molecule has 2 aliphatic heterocycles. The molecule has 7 nitrogen and oxygen atoms in total. The van der Waals surface area contributed by atoms with Gasteiger partial charge in [0.05, 0.1) is 25.8 Å². The van der Waals surface area contributed by atoms with Crippen LogP contribution in [-0.4, -0.2) is 81.3 Å². The first kappa shape index (κ1) is 21.1. The fraction of sp³-hybridized carbons (Fsp3) is 0.762. The molecule has 1 unspecified atom stereocenters. The zero-order valence-electron chi connectivity index (χ0n) is 17.6. The number of aryl methyl sites for hydroxylation is 1. The highest BCUT2D eigenvalue weighted by atomic mass is 16.5. The lowest BCUT2D eigenvalue weighted by Crippen LogP contribution is -2.44. The molecular formula is C21H37N5O2. The summed E-state index contributed by atoms with van der Waals surface area (Å²) in [6.45, 7) is 13.5. The van der Waals surface area contributed by atoms with Crippen molar-refractivity contribution in [3.63, 3.8) is 0 Å². The lowest BCUT2D eigenvalue weighted by atomic mass is 10.1. The third kappa shape index (κ3) is 6.50. The monoisotopic (exact) mass is 391 g/mol.